The van der Waals surface area contributed by atoms with E-state index < -0.39 is 0 Å². The predicted molar refractivity (Wildman–Crippen MR) is 104 cm³/mol. The van der Waals surface area contributed by atoms with E-state index in [0.717, 1.165) is 30.4 Å². The Kier molecular flexibility index (Phi) is 5.21. The number of hydrogen-bond acceptors (Lipinski definition) is 5. The van der Waals surface area contributed by atoms with Crippen LogP contribution in [0.2, 0.25) is 0 Å². The molecule has 2 aromatic rings. The largest absolute Gasteiger partial charge is 0.339 e. The van der Waals surface area contributed by atoms with Gasteiger partial charge in [-0.15, -0.1) is 5.10 Å². The van der Waals surface area contributed by atoms with Crippen LogP contribution in [0.4, 0.5) is 17.5 Å². The van der Waals surface area contributed by atoms with Gasteiger partial charge in [0, 0.05) is 18.3 Å². The molecule has 25 heavy (non-hydrogen) atoms. The molecule has 1 fully saturated rings. The lowest BCUT2D eigenvalue weighted by molar-refractivity contribution is 0.442. The van der Waals surface area contributed by atoms with Gasteiger partial charge in [-0.2, -0.15) is 10.1 Å². The van der Waals surface area contributed by atoms with E-state index >= 15 is 0 Å². The summed E-state index contributed by atoms with van der Waals surface area (Å²) < 4.78 is 0. The molecule has 2 heterocycles. The molecule has 1 atom stereocenters. The van der Waals surface area contributed by atoms with Gasteiger partial charge in [0.25, 0.3) is 0 Å². The molecule has 1 aliphatic rings. The fourth-order valence-electron chi connectivity index (χ4n) is 3.37. The topological polar surface area (TPSA) is 53.9 Å². The molecule has 3 rings (SSSR count). The summed E-state index contributed by atoms with van der Waals surface area (Å²) in [6.07, 6.45) is 6.51. The van der Waals surface area contributed by atoms with Crippen molar-refractivity contribution in [2.75, 3.05) is 16.8 Å². The summed E-state index contributed by atoms with van der Waals surface area (Å²) in [5.74, 6) is 1.48. The van der Waals surface area contributed by atoms with E-state index in [1.54, 1.807) is 6.20 Å². The summed E-state index contributed by atoms with van der Waals surface area (Å²) in [5.41, 5.74) is 2.50. The molecule has 5 nitrogen and oxygen atoms in total. The van der Waals surface area contributed by atoms with E-state index in [9.17, 15) is 0 Å². The minimum Gasteiger partial charge on any atom is -0.339 e. The highest BCUT2D eigenvalue weighted by atomic mass is 15.3. The lowest BCUT2D eigenvalue weighted by Gasteiger charge is -2.34. The maximum atomic E-state index is 4.70. The van der Waals surface area contributed by atoms with Gasteiger partial charge in [0.1, 0.15) is 0 Å². The normalized spacial score (nSPS) is 18.2. The van der Waals surface area contributed by atoms with Gasteiger partial charge in [-0.3, -0.25) is 0 Å². The minimum atomic E-state index is 0.158. The Labute approximate surface area is 150 Å². The van der Waals surface area contributed by atoms with Crippen molar-refractivity contribution in [3.8, 4) is 0 Å². The van der Waals surface area contributed by atoms with Crippen LogP contribution in [0.1, 0.15) is 58.9 Å². The molecule has 0 radical (unpaired) electrons. The molecule has 0 saturated carbocycles. The number of hydrogen-bond donors (Lipinski definition) is 1. The molecular weight excluding hydrogens is 310 g/mol. The van der Waals surface area contributed by atoms with Crippen LogP contribution in [0, 0.1) is 0 Å². The summed E-state index contributed by atoms with van der Waals surface area (Å²) in [7, 11) is 0. The fourth-order valence-corrected chi connectivity index (χ4v) is 3.37. The van der Waals surface area contributed by atoms with E-state index in [2.05, 4.69) is 72.4 Å². The number of benzene rings is 1. The summed E-state index contributed by atoms with van der Waals surface area (Å²) in [6.45, 7) is 9.91. The first-order valence-electron chi connectivity index (χ1n) is 9.31. The summed E-state index contributed by atoms with van der Waals surface area (Å²) in [4.78, 5) is 7.01. The van der Waals surface area contributed by atoms with Gasteiger partial charge in [0.05, 0.1) is 6.20 Å². The maximum absolute atomic E-state index is 4.70. The highest BCUT2D eigenvalue weighted by Gasteiger charge is 2.23. The Morgan fingerprint density at radius 3 is 2.60 bits per heavy atom. The first-order chi connectivity index (χ1) is 12.0. The monoisotopic (exact) mass is 339 g/mol. The predicted octanol–water partition coefficient (Wildman–Crippen LogP) is 4.68. The molecule has 1 unspecified atom stereocenters. The third-order valence-electron chi connectivity index (χ3n) is 4.93. The van der Waals surface area contributed by atoms with Gasteiger partial charge in [0.15, 0.2) is 5.82 Å². The lowest BCUT2D eigenvalue weighted by Crippen LogP contribution is -2.40. The van der Waals surface area contributed by atoms with Crippen molar-refractivity contribution in [3.63, 3.8) is 0 Å². The van der Waals surface area contributed by atoms with Crippen molar-refractivity contribution in [2.45, 2.75) is 64.8 Å². The molecule has 0 aliphatic carbocycles. The molecule has 0 amide bonds. The molecule has 0 bridgehead atoms. The zero-order chi connectivity index (χ0) is 17.9. The summed E-state index contributed by atoms with van der Waals surface area (Å²) in [5, 5.41) is 11.8. The summed E-state index contributed by atoms with van der Waals surface area (Å²) >= 11 is 0. The number of aromatic nitrogens is 3. The lowest BCUT2D eigenvalue weighted by atomic mass is 9.87. The highest BCUT2D eigenvalue weighted by molar-refractivity contribution is 5.57. The first kappa shape index (κ1) is 17.6. The van der Waals surface area contributed by atoms with Crippen LogP contribution in [0.25, 0.3) is 0 Å². The highest BCUT2D eigenvalue weighted by Crippen LogP contribution is 2.26. The average molecular weight is 339 g/mol. The molecule has 1 saturated heterocycles. The van der Waals surface area contributed by atoms with Crippen LogP contribution in [0.5, 0.6) is 0 Å². The number of anilines is 3. The quantitative estimate of drug-likeness (QED) is 0.876. The van der Waals surface area contributed by atoms with E-state index in [4.69, 9.17) is 4.98 Å². The van der Waals surface area contributed by atoms with Crippen LogP contribution in [0.3, 0.4) is 0 Å². The molecule has 1 aromatic heterocycles. The Hall–Kier alpha value is -2.17. The van der Waals surface area contributed by atoms with Crippen LogP contribution in [-0.2, 0) is 5.41 Å². The molecule has 1 aromatic carbocycles. The summed E-state index contributed by atoms with van der Waals surface area (Å²) in [6, 6.07) is 9.04. The Bertz CT molecular complexity index is 690. The zero-order valence-corrected chi connectivity index (χ0v) is 15.8. The van der Waals surface area contributed by atoms with Gasteiger partial charge in [-0.1, -0.05) is 39.8 Å². The first-order valence-corrected chi connectivity index (χ1v) is 9.31. The van der Waals surface area contributed by atoms with Crippen molar-refractivity contribution in [2.24, 2.45) is 0 Å². The molecule has 134 valence electrons. The third kappa shape index (κ3) is 4.27. The second kappa shape index (κ2) is 7.38. The van der Waals surface area contributed by atoms with Crippen molar-refractivity contribution in [3.05, 3.63) is 36.0 Å². The van der Waals surface area contributed by atoms with Gasteiger partial charge in [-0.05, 0) is 48.8 Å². The Morgan fingerprint density at radius 2 is 1.92 bits per heavy atom. The average Bonchev–Trinajstić information content (AvgIpc) is 2.61. The number of nitrogens with zero attached hydrogens (tertiary/aromatic N) is 4. The van der Waals surface area contributed by atoms with Crippen molar-refractivity contribution >= 4 is 17.5 Å². The van der Waals surface area contributed by atoms with Crippen LogP contribution in [-0.4, -0.2) is 27.8 Å². The molecule has 5 heteroatoms. The molecule has 1 aliphatic heterocycles. The standard InChI is InChI=1S/C20H29N5/c1-5-17-8-6-7-13-25(17)19-23-18(14-21-24-19)22-16-11-9-15(10-12-16)20(2,3)4/h9-12,14,17H,5-8,13H2,1-4H3,(H,22,23,24). The number of rotatable bonds is 4. The van der Waals surface area contributed by atoms with Gasteiger partial charge < -0.3 is 10.2 Å². The number of piperidine rings is 1. The van der Waals surface area contributed by atoms with E-state index in [1.807, 2.05) is 0 Å². The zero-order valence-electron chi connectivity index (χ0n) is 15.8. The SMILES string of the molecule is CCC1CCCCN1c1nncc(Nc2ccc(C(C)(C)C)cc2)n1. The Balaban J connectivity index is 1.75. The third-order valence-corrected chi connectivity index (χ3v) is 4.93. The molecular formula is C20H29N5. The van der Waals surface area contributed by atoms with Gasteiger partial charge in [0.2, 0.25) is 5.95 Å². The second-order valence-corrected chi connectivity index (χ2v) is 7.85. The van der Waals surface area contributed by atoms with Gasteiger partial charge in [-0.25, -0.2) is 0 Å². The maximum Gasteiger partial charge on any atom is 0.247 e. The van der Waals surface area contributed by atoms with E-state index in [0.29, 0.717) is 6.04 Å². The Morgan fingerprint density at radius 1 is 1.16 bits per heavy atom. The second-order valence-electron chi connectivity index (χ2n) is 7.85. The van der Waals surface area contributed by atoms with Crippen molar-refractivity contribution in [1.82, 2.24) is 15.2 Å². The van der Waals surface area contributed by atoms with Crippen molar-refractivity contribution in [1.29, 1.82) is 0 Å². The van der Waals surface area contributed by atoms with Gasteiger partial charge >= 0.3 is 0 Å². The minimum absolute atomic E-state index is 0.158. The van der Waals surface area contributed by atoms with E-state index in [-0.39, 0.29) is 5.41 Å². The fraction of sp³-hybridized carbons (Fsp3) is 0.550. The smallest absolute Gasteiger partial charge is 0.247 e. The number of nitrogens with one attached hydrogen (secondary N) is 1. The van der Waals surface area contributed by atoms with Crippen LogP contribution >= 0.6 is 0 Å². The van der Waals surface area contributed by atoms with E-state index in [1.165, 1.54) is 24.8 Å². The molecule has 1 N–H and O–H groups in total. The molecule has 0 spiro atoms. The van der Waals surface area contributed by atoms with Crippen LogP contribution < -0.4 is 10.2 Å². The van der Waals surface area contributed by atoms with Crippen molar-refractivity contribution < 1.29 is 0 Å². The van der Waals surface area contributed by atoms with Crippen LogP contribution in [0.15, 0.2) is 30.5 Å².